The Bertz CT molecular complexity index is 461. The number of halogens is 3. The zero-order valence-electron chi connectivity index (χ0n) is 11.7. The molecule has 1 aliphatic rings. The number of nitrogens with zero attached hydrogens (tertiary/aromatic N) is 1. The van der Waals surface area contributed by atoms with Crippen LogP contribution in [0.1, 0.15) is 32.1 Å². The van der Waals surface area contributed by atoms with Crippen molar-refractivity contribution in [2.45, 2.75) is 38.3 Å². The summed E-state index contributed by atoms with van der Waals surface area (Å²) < 4.78 is 41.5. The first-order chi connectivity index (χ1) is 9.94. The highest BCUT2D eigenvalue weighted by Crippen LogP contribution is 2.30. The Kier molecular flexibility index (Phi) is 5.14. The molecule has 7 heteroatoms. The van der Waals surface area contributed by atoms with Crippen molar-refractivity contribution < 1.29 is 17.9 Å². The van der Waals surface area contributed by atoms with Crippen LogP contribution in [0.2, 0.25) is 0 Å². The van der Waals surface area contributed by atoms with Gasteiger partial charge in [-0.1, -0.05) is 0 Å². The number of hydrogen-bond donors (Lipinski definition) is 2. The summed E-state index contributed by atoms with van der Waals surface area (Å²) in [6.45, 7) is 1.06. The summed E-state index contributed by atoms with van der Waals surface area (Å²) >= 11 is 0. The van der Waals surface area contributed by atoms with Gasteiger partial charge in [-0.2, -0.15) is 18.2 Å². The van der Waals surface area contributed by atoms with E-state index in [-0.39, 0.29) is 6.42 Å². The molecule has 1 saturated carbocycles. The lowest BCUT2D eigenvalue weighted by Crippen LogP contribution is -2.10. The molecule has 0 aliphatic heterocycles. The summed E-state index contributed by atoms with van der Waals surface area (Å²) in [6, 6.07) is 3.39. The number of anilines is 2. The summed E-state index contributed by atoms with van der Waals surface area (Å²) in [5, 5.41) is 2.99. The van der Waals surface area contributed by atoms with Crippen LogP contribution in [-0.4, -0.2) is 24.3 Å². The topological polar surface area (TPSA) is 60.2 Å². The zero-order chi connectivity index (χ0) is 15.3. The van der Waals surface area contributed by atoms with Gasteiger partial charge in [0.05, 0.1) is 12.3 Å². The number of nitrogen functional groups attached to an aromatic ring is 1. The van der Waals surface area contributed by atoms with Crippen LogP contribution in [0.15, 0.2) is 12.1 Å². The maximum absolute atomic E-state index is 12.0. The number of unbranched alkanes of at least 4 members (excludes halogenated alkanes) is 1. The van der Waals surface area contributed by atoms with Gasteiger partial charge < -0.3 is 15.8 Å². The van der Waals surface area contributed by atoms with Crippen molar-refractivity contribution >= 4 is 11.5 Å². The van der Waals surface area contributed by atoms with Crippen molar-refractivity contribution in [1.29, 1.82) is 0 Å². The minimum Gasteiger partial charge on any atom is -0.476 e. The highest BCUT2D eigenvalue weighted by molar-refractivity contribution is 5.53. The molecule has 0 aromatic carbocycles. The molecular weight excluding hydrogens is 283 g/mol. The Morgan fingerprint density at radius 3 is 2.71 bits per heavy atom. The minimum absolute atomic E-state index is 0.108. The number of pyridine rings is 1. The van der Waals surface area contributed by atoms with Crippen LogP contribution in [-0.2, 0) is 0 Å². The fourth-order valence-corrected chi connectivity index (χ4v) is 1.81. The van der Waals surface area contributed by atoms with E-state index in [4.69, 9.17) is 10.5 Å². The number of rotatable bonds is 8. The van der Waals surface area contributed by atoms with E-state index in [1.54, 1.807) is 12.1 Å². The van der Waals surface area contributed by atoms with Crippen LogP contribution >= 0.6 is 0 Å². The van der Waals surface area contributed by atoms with Crippen molar-refractivity contribution in [1.82, 2.24) is 4.98 Å². The predicted octanol–water partition coefficient (Wildman–Crippen LogP) is 3.60. The molecule has 118 valence electrons. The van der Waals surface area contributed by atoms with Crippen LogP contribution in [0.5, 0.6) is 5.88 Å². The second kappa shape index (κ2) is 6.87. The lowest BCUT2D eigenvalue weighted by Gasteiger charge is -2.11. The largest absolute Gasteiger partial charge is 0.476 e. The van der Waals surface area contributed by atoms with Gasteiger partial charge in [0, 0.05) is 13.0 Å². The average Bonchev–Trinajstić information content (AvgIpc) is 3.21. The van der Waals surface area contributed by atoms with Gasteiger partial charge in [0.15, 0.2) is 0 Å². The van der Waals surface area contributed by atoms with Crippen LogP contribution in [0.4, 0.5) is 24.7 Å². The quantitative estimate of drug-likeness (QED) is 0.720. The SMILES string of the molecule is Nc1ccc(NCCCCC(F)(F)F)nc1OCC1CC1. The third-order valence-corrected chi connectivity index (χ3v) is 3.24. The standard InChI is InChI=1S/C14H20F3N3O/c15-14(16,17)7-1-2-8-19-12-6-5-11(18)13(20-12)21-9-10-3-4-10/h5-6,10H,1-4,7-9,18H2,(H,19,20). The monoisotopic (exact) mass is 303 g/mol. The van der Waals surface area contributed by atoms with Gasteiger partial charge in [-0.05, 0) is 43.7 Å². The second-order valence-electron chi connectivity index (χ2n) is 5.34. The Morgan fingerprint density at radius 1 is 1.29 bits per heavy atom. The molecule has 0 saturated heterocycles. The number of ether oxygens (including phenoxy) is 1. The summed E-state index contributed by atoms with van der Waals surface area (Å²) in [5.41, 5.74) is 6.25. The molecule has 1 fully saturated rings. The summed E-state index contributed by atoms with van der Waals surface area (Å²) in [4.78, 5) is 4.24. The number of nitrogens with one attached hydrogen (secondary N) is 1. The Morgan fingerprint density at radius 2 is 2.05 bits per heavy atom. The van der Waals surface area contributed by atoms with Crippen LogP contribution in [0.25, 0.3) is 0 Å². The second-order valence-corrected chi connectivity index (χ2v) is 5.34. The maximum Gasteiger partial charge on any atom is 0.389 e. The van der Waals surface area contributed by atoms with E-state index in [1.807, 2.05) is 0 Å². The molecule has 0 radical (unpaired) electrons. The summed E-state index contributed by atoms with van der Waals surface area (Å²) in [7, 11) is 0. The maximum atomic E-state index is 12.0. The molecule has 0 atom stereocenters. The van der Waals surface area contributed by atoms with Gasteiger partial charge in [-0.15, -0.1) is 0 Å². The molecule has 2 rings (SSSR count). The number of aromatic nitrogens is 1. The number of hydrogen-bond acceptors (Lipinski definition) is 4. The van der Waals surface area contributed by atoms with Gasteiger partial charge in [-0.3, -0.25) is 0 Å². The Hall–Kier alpha value is -1.66. The van der Waals surface area contributed by atoms with E-state index in [9.17, 15) is 13.2 Å². The van der Waals surface area contributed by atoms with Crippen LogP contribution < -0.4 is 15.8 Å². The van der Waals surface area contributed by atoms with E-state index >= 15 is 0 Å². The molecule has 0 amide bonds. The van der Waals surface area contributed by atoms with E-state index in [0.717, 1.165) is 0 Å². The van der Waals surface area contributed by atoms with E-state index in [0.29, 0.717) is 42.9 Å². The number of alkyl halides is 3. The van der Waals surface area contributed by atoms with E-state index < -0.39 is 12.6 Å². The van der Waals surface area contributed by atoms with Gasteiger partial charge in [0.25, 0.3) is 0 Å². The molecule has 0 spiro atoms. The highest BCUT2D eigenvalue weighted by atomic mass is 19.4. The third-order valence-electron chi connectivity index (χ3n) is 3.24. The third kappa shape index (κ3) is 6.10. The zero-order valence-corrected chi connectivity index (χ0v) is 11.7. The van der Waals surface area contributed by atoms with Gasteiger partial charge in [0.2, 0.25) is 5.88 Å². The van der Waals surface area contributed by atoms with Crippen LogP contribution in [0.3, 0.4) is 0 Å². The van der Waals surface area contributed by atoms with Crippen molar-refractivity contribution in [3.8, 4) is 5.88 Å². The van der Waals surface area contributed by atoms with E-state index in [1.165, 1.54) is 12.8 Å². The molecule has 0 bridgehead atoms. The Labute approximate surface area is 121 Å². The molecule has 1 aromatic rings. The molecule has 3 N–H and O–H groups in total. The first kappa shape index (κ1) is 15.7. The fourth-order valence-electron chi connectivity index (χ4n) is 1.81. The van der Waals surface area contributed by atoms with Crippen molar-refractivity contribution in [2.24, 2.45) is 5.92 Å². The highest BCUT2D eigenvalue weighted by Gasteiger charge is 2.25. The Balaban J connectivity index is 1.73. The molecule has 1 aliphatic carbocycles. The number of nitrogens with two attached hydrogens (primary N) is 1. The van der Waals surface area contributed by atoms with Crippen molar-refractivity contribution in [3.05, 3.63) is 12.1 Å². The summed E-state index contributed by atoms with van der Waals surface area (Å²) in [6.07, 6.45) is -1.93. The van der Waals surface area contributed by atoms with Gasteiger partial charge >= 0.3 is 6.18 Å². The van der Waals surface area contributed by atoms with Crippen molar-refractivity contribution in [3.63, 3.8) is 0 Å². The first-order valence-corrected chi connectivity index (χ1v) is 7.14. The fraction of sp³-hybridized carbons (Fsp3) is 0.643. The van der Waals surface area contributed by atoms with E-state index in [2.05, 4.69) is 10.3 Å². The summed E-state index contributed by atoms with van der Waals surface area (Å²) in [5.74, 6) is 1.56. The normalized spacial score (nSPS) is 15.0. The predicted molar refractivity (Wildman–Crippen MR) is 75.3 cm³/mol. The lowest BCUT2D eigenvalue weighted by molar-refractivity contribution is -0.135. The van der Waals surface area contributed by atoms with Crippen LogP contribution in [0, 0.1) is 5.92 Å². The molecule has 0 unspecified atom stereocenters. The molecule has 1 heterocycles. The molecule has 1 aromatic heterocycles. The van der Waals surface area contributed by atoms with Crippen molar-refractivity contribution in [2.75, 3.05) is 24.2 Å². The molecular formula is C14H20F3N3O. The van der Waals surface area contributed by atoms with Gasteiger partial charge in [0.1, 0.15) is 5.82 Å². The molecule has 21 heavy (non-hydrogen) atoms. The van der Waals surface area contributed by atoms with Gasteiger partial charge in [-0.25, -0.2) is 0 Å². The lowest BCUT2D eigenvalue weighted by atomic mass is 10.2. The molecule has 4 nitrogen and oxygen atoms in total. The first-order valence-electron chi connectivity index (χ1n) is 7.14. The smallest absolute Gasteiger partial charge is 0.389 e. The minimum atomic E-state index is -4.08. The average molecular weight is 303 g/mol.